The van der Waals surface area contributed by atoms with Gasteiger partial charge in [-0.25, -0.2) is 4.79 Å². The summed E-state index contributed by atoms with van der Waals surface area (Å²) in [7, 11) is 1.50. The van der Waals surface area contributed by atoms with Gasteiger partial charge in [-0.05, 0) is 127 Å². The largest absolute Gasteiger partial charge is 0.508 e. The Kier molecular flexibility index (Phi) is 25.3. The molecule has 18 atom stereocenters. The number of amides is 5. The monoisotopic (exact) mass is 1610 g/mol. The van der Waals surface area contributed by atoms with E-state index in [9.17, 15) is 70.2 Å². The van der Waals surface area contributed by atoms with E-state index in [1.165, 1.54) is 31.3 Å². The minimum atomic E-state index is -2.25. The maximum Gasteiger partial charge on any atom is 0.330 e. The van der Waals surface area contributed by atoms with Crippen LogP contribution in [0.1, 0.15) is 123 Å². The predicted octanol–water partition coefficient (Wildman–Crippen LogP) is 5.58. The number of carbonyl (C=O) groups is 8. The number of nitrogens with two attached hydrogens (primary N) is 1. The lowest BCUT2D eigenvalue weighted by atomic mass is 9.84. The molecule has 0 aromatic heterocycles. The first-order valence-electron chi connectivity index (χ1n) is 36.7. The minimum Gasteiger partial charge on any atom is -0.508 e. The van der Waals surface area contributed by atoms with Crippen LogP contribution in [0.4, 0.5) is 0 Å². The van der Waals surface area contributed by atoms with Gasteiger partial charge in [0.25, 0.3) is 0 Å². The van der Waals surface area contributed by atoms with Crippen molar-refractivity contribution in [3.8, 4) is 68.2 Å². The van der Waals surface area contributed by atoms with Gasteiger partial charge in [-0.15, -0.1) is 0 Å². The lowest BCUT2D eigenvalue weighted by molar-refractivity contribution is -0.334. The van der Waals surface area contributed by atoms with Gasteiger partial charge in [0.15, 0.2) is 41.5 Å². The molecule has 18 unspecified atom stereocenters. The number of aliphatic hydroxyl groups is 6. The molecule has 7 aromatic rings. The molecule has 0 radical (unpaired) electrons. The van der Waals surface area contributed by atoms with E-state index in [1.54, 1.807) is 13.8 Å². The lowest BCUT2D eigenvalue weighted by Gasteiger charge is -2.48. The van der Waals surface area contributed by atoms with E-state index in [4.69, 9.17) is 57.4 Å². The molecule has 2 saturated heterocycles. The summed E-state index contributed by atoms with van der Waals surface area (Å²) in [5.74, 6) is -18.5. The highest BCUT2D eigenvalue weighted by molar-refractivity contribution is 6.32. The zero-order valence-corrected chi connectivity index (χ0v) is 63.6. The van der Waals surface area contributed by atoms with E-state index in [0.29, 0.717) is 0 Å². The van der Waals surface area contributed by atoms with E-state index in [2.05, 4.69) is 31.9 Å². The van der Waals surface area contributed by atoms with Gasteiger partial charge in [0, 0.05) is 60.5 Å². The van der Waals surface area contributed by atoms with Crippen molar-refractivity contribution in [2.45, 2.75) is 169 Å². The molecule has 31 nitrogen and oxygen atoms in total. The molecule has 33 heteroatoms. The molecule has 5 amide bonds. The Bertz CT molecular complexity index is 4830. The lowest BCUT2D eigenvalue weighted by Crippen LogP contribution is -2.65. The van der Waals surface area contributed by atoms with Gasteiger partial charge < -0.3 is 117 Å². The number of carbonyl (C=O) groups excluding carboxylic acids is 7. The Hall–Kier alpha value is -10.4. The summed E-state index contributed by atoms with van der Waals surface area (Å²) < 4.78 is 39.6. The molecule has 2 fully saturated rings. The van der Waals surface area contributed by atoms with Crippen LogP contribution in [0.25, 0.3) is 22.3 Å². The van der Waals surface area contributed by atoms with Crippen LogP contribution in [0.5, 0.6) is 46.0 Å². The fraction of sp³-hybridized carbons (Fsp3) is 0.383. The highest BCUT2D eigenvalue weighted by Crippen LogP contribution is 2.51. The van der Waals surface area contributed by atoms with E-state index >= 15 is 19.2 Å². The second-order valence-corrected chi connectivity index (χ2v) is 30.4. The molecular weight excluding hydrogens is 1530 g/mol. The maximum atomic E-state index is 16.3. The topological polar surface area (TPSA) is 492 Å². The first-order chi connectivity index (χ1) is 54.2. The Morgan fingerprint density at radius 1 is 0.693 bits per heavy atom. The smallest absolute Gasteiger partial charge is 0.330 e. The number of hydrogen-bond acceptors (Lipinski definition) is 25. The molecule has 0 saturated carbocycles. The van der Waals surface area contributed by atoms with E-state index < -0.39 is 238 Å². The number of benzene rings is 7. The first kappa shape index (κ1) is 83.1. The fourth-order valence-electron chi connectivity index (χ4n) is 14.9. The van der Waals surface area contributed by atoms with Crippen molar-refractivity contribution in [2.75, 3.05) is 13.7 Å². The van der Waals surface area contributed by atoms with Crippen LogP contribution in [0.15, 0.2) is 133 Å². The summed E-state index contributed by atoms with van der Waals surface area (Å²) >= 11 is 14.3. The molecule has 7 aliphatic rings. The van der Waals surface area contributed by atoms with E-state index in [1.807, 2.05) is 68.4 Å². The van der Waals surface area contributed by atoms with E-state index in [0.717, 1.165) is 71.3 Å². The second kappa shape index (κ2) is 34.8. The number of likely N-dealkylation sites (N-methyl/N-ethyl adjacent to an activating group) is 1. The molecule has 114 heavy (non-hydrogen) atoms. The van der Waals surface area contributed by atoms with Crippen LogP contribution < -0.4 is 51.8 Å². The van der Waals surface area contributed by atoms with Crippen LogP contribution in [0.3, 0.4) is 0 Å². The Labute approximate surface area is 662 Å². The number of carboxylic acid groups (broad SMARTS) is 1. The van der Waals surface area contributed by atoms with Gasteiger partial charge in [0.2, 0.25) is 41.6 Å². The number of aromatic hydroxyl groups is 3. The van der Waals surface area contributed by atoms with Gasteiger partial charge in [-0.1, -0.05) is 110 Å². The molecule has 604 valence electrons. The minimum absolute atomic E-state index is 0.0833. The summed E-state index contributed by atoms with van der Waals surface area (Å²) in [4.78, 5) is 118. The molecule has 7 aromatic carbocycles. The number of rotatable bonds is 17. The number of phenolic OH excluding ortho intramolecular Hbond substituents is 3. The zero-order valence-electron chi connectivity index (χ0n) is 62.1. The van der Waals surface area contributed by atoms with E-state index in [-0.39, 0.29) is 64.1 Å². The van der Waals surface area contributed by atoms with Crippen LogP contribution in [-0.2, 0) is 59.1 Å². The van der Waals surface area contributed by atoms with Gasteiger partial charge in [0.05, 0.1) is 46.7 Å². The van der Waals surface area contributed by atoms with Crippen molar-refractivity contribution in [3.05, 3.63) is 177 Å². The zero-order chi connectivity index (χ0) is 82.0. The predicted molar refractivity (Wildman–Crippen MR) is 406 cm³/mol. The van der Waals surface area contributed by atoms with Crippen molar-refractivity contribution in [1.29, 1.82) is 0 Å². The van der Waals surface area contributed by atoms with Crippen LogP contribution in [0.2, 0.25) is 10.0 Å². The molecular formula is C81H87Cl2N7O24. The third kappa shape index (κ3) is 17.9. The van der Waals surface area contributed by atoms with Gasteiger partial charge in [0.1, 0.15) is 77.4 Å². The molecule has 0 aliphatic carbocycles. The molecule has 7 heterocycles. The Morgan fingerprint density at radius 2 is 1.33 bits per heavy atom. The highest BCUT2D eigenvalue weighted by Gasteiger charge is 2.52. The third-order valence-corrected chi connectivity index (χ3v) is 21.7. The van der Waals surface area contributed by atoms with Crippen LogP contribution >= 0.6 is 23.2 Å². The number of fused-ring (bicyclic) bond motifs is 15. The summed E-state index contributed by atoms with van der Waals surface area (Å²) in [5.41, 5.74) is 4.99. The number of halogens is 2. The number of hydrogen-bond donors (Lipinski definition) is 17. The van der Waals surface area contributed by atoms with Crippen molar-refractivity contribution in [3.63, 3.8) is 0 Å². The first-order valence-corrected chi connectivity index (χ1v) is 37.5. The Balaban J connectivity index is 1.04. The van der Waals surface area contributed by atoms with Crippen LogP contribution in [0, 0.1) is 11.8 Å². The number of carboxylic acids is 1. The average Bonchev–Trinajstić information content (AvgIpc) is 0.766. The summed E-state index contributed by atoms with van der Waals surface area (Å²) in [6.07, 6.45) is -20.3. The fourth-order valence-corrected chi connectivity index (χ4v) is 15.4. The van der Waals surface area contributed by atoms with Gasteiger partial charge >= 0.3 is 5.97 Å². The Morgan fingerprint density at radius 3 is 1.95 bits per heavy atom. The number of ether oxygens (including phenoxy) is 6. The molecule has 0 spiro atoms. The quantitative estimate of drug-likeness (QED) is 0.0529. The normalized spacial score (nSPS) is 27.5. The number of aliphatic carboxylic acids is 1. The van der Waals surface area contributed by atoms with Crippen molar-refractivity contribution in [2.24, 2.45) is 17.6 Å². The SMILES string of the molecule is CNC(CC(C)C)C(=O)NC1C(=O)CC(CC(N)=O)C(=O)NC2C(=O)CC3C(=O)NC(C(=O)NC(C(=O)O)c4cc(O)cc(O)c4-c4cc3ccc4O)C(O)c3ccc(c(Cl)c3)Oc3cc2cc(c3OC2OC(CO)C(O)C(O)C2OC2CC(C)(NCc3ccc(-c4ccccc4)cc3)C(O)C(C)O2)Oc2ccc(cc2Cl)C1O. The molecule has 7 aliphatic heterocycles. The number of aliphatic hydroxyl groups excluding tert-OH is 6. The van der Waals surface area contributed by atoms with Gasteiger partial charge in [-0.2, -0.15) is 0 Å². The molecule has 14 rings (SSSR count). The maximum absolute atomic E-state index is 16.3. The number of phenols is 3. The molecule has 11 bridgehead atoms. The van der Waals surface area contributed by atoms with Gasteiger partial charge in [-0.3, -0.25) is 33.6 Å². The summed E-state index contributed by atoms with van der Waals surface area (Å²) in [6, 6.07) is 22.2. The highest BCUT2D eigenvalue weighted by atomic mass is 35.5. The number of ketones is 2. The second-order valence-electron chi connectivity index (χ2n) is 29.6. The van der Waals surface area contributed by atoms with Crippen molar-refractivity contribution >= 4 is 70.3 Å². The standard InChI is InChI=1S/C81H87Cl2N7O24/c1-35(2)21-51(85-5)77(105)89-66-54(95)25-44(28-61(84)97)75(103)87-64-43-26-58(110-56-19-16-41(68(66)98)23-49(56)82)72(114-80-73(71(101)70(100)60(34-91)112-80)113-62-32-81(4,74(102)36(3)109-62)86-33-37-11-13-39(14-12-37)38-9-7-6-8-10-38)59(27-43)111-57-20-17-42(24-50(57)83)69(99)67-78(106)88-65(79(107)108)48-29-45(92)30-53(94)63(48)47-22-40(15-18-52(47)93)46(31-55(64)96)76(104)90-67/h6-20,22-24,26-27,29-30,35-36,44,46,51,60,62,64-71,73-74,80,85-86,91-94,98-102H,21,25,28,31-34H2,1-5H3,(H2,84,97)(H,87,103)(H,88,106)(H,89,105)(H,90,104)(H,107,108). The average molecular weight is 1610 g/mol. The van der Waals surface area contributed by atoms with Crippen molar-refractivity contribution < 1.29 is 118 Å². The summed E-state index contributed by atoms with van der Waals surface area (Å²) in [5, 5.41) is 132. The number of primary amides is 1. The van der Waals surface area contributed by atoms with Crippen LogP contribution in [-0.4, -0.2) is 185 Å². The summed E-state index contributed by atoms with van der Waals surface area (Å²) in [6.45, 7) is 6.27. The molecule has 18 N–H and O–H groups in total. The number of Topliss-reactive ketones (excluding diaryl/α,β-unsaturated/α-hetero) is 2. The number of nitrogens with one attached hydrogen (secondary N) is 6. The van der Waals surface area contributed by atoms with Crippen molar-refractivity contribution in [1.82, 2.24) is 31.9 Å². The third-order valence-electron chi connectivity index (χ3n) is 21.1.